The number of rotatable bonds is 4. The van der Waals surface area contributed by atoms with Crippen molar-refractivity contribution in [3.8, 4) is 11.5 Å². The summed E-state index contributed by atoms with van der Waals surface area (Å²) in [4.78, 5) is 13.5. The summed E-state index contributed by atoms with van der Waals surface area (Å²) < 4.78 is 5.52. The second kappa shape index (κ2) is 6.85. The van der Waals surface area contributed by atoms with Crippen molar-refractivity contribution in [1.29, 1.82) is 0 Å². The van der Waals surface area contributed by atoms with Crippen molar-refractivity contribution in [2.45, 2.75) is 13.8 Å². The topological polar surface area (TPSA) is 61.8 Å². The van der Waals surface area contributed by atoms with Gasteiger partial charge < -0.3 is 15.2 Å². The van der Waals surface area contributed by atoms with Crippen LogP contribution in [-0.2, 0) is 0 Å². The Bertz CT molecular complexity index is 653. The van der Waals surface area contributed by atoms with E-state index in [4.69, 9.17) is 4.74 Å². The van der Waals surface area contributed by atoms with Crippen molar-refractivity contribution in [3.05, 3.63) is 53.6 Å². The second-order valence-corrected chi connectivity index (χ2v) is 5.09. The van der Waals surface area contributed by atoms with Gasteiger partial charge in [-0.1, -0.05) is 6.07 Å². The third-order valence-corrected chi connectivity index (χ3v) is 3.48. The lowest BCUT2D eigenvalue weighted by Gasteiger charge is -2.18. The molecule has 0 atom stereocenters. The van der Waals surface area contributed by atoms with Crippen molar-refractivity contribution < 1.29 is 14.6 Å². The van der Waals surface area contributed by atoms with Crippen molar-refractivity contribution in [1.82, 2.24) is 5.32 Å². The number of anilines is 1. The lowest BCUT2D eigenvalue weighted by atomic mass is 10.1. The number of aryl methyl sites for hydroxylation is 2. The molecule has 0 unspecified atom stereocenters. The number of urea groups is 1. The number of phenolic OH excluding ortho intramolecular Hbond substituents is 1. The highest BCUT2D eigenvalue weighted by Gasteiger charge is 2.10. The summed E-state index contributed by atoms with van der Waals surface area (Å²) in [5.74, 6) is 0.881. The molecular weight excluding hydrogens is 280 g/mol. The van der Waals surface area contributed by atoms with Gasteiger partial charge in [0.15, 0.2) is 6.73 Å². The van der Waals surface area contributed by atoms with E-state index in [9.17, 15) is 9.90 Å². The molecule has 0 radical (unpaired) electrons. The molecule has 0 spiro atoms. The number of nitrogens with one attached hydrogen (secondary N) is 1. The number of nitrogens with zero attached hydrogens (tertiary/aromatic N) is 1. The van der Waals surface area contributed by atoms with Gasteiger partial charge in [0.25, 0.3) is 0 Å². The number of hydrogen-bond donors (Lipinski definition) is 2. The summed E-state index contributed by atoms with van der Waals surface area (Å²) in [5.41, 5.74) is 3.02. The number of carbonyl (C=O) groups is 1. The van der Waals surface area contributed by atoms with Gasteiger partial charge in [-0.25, -0.2) is 4.79 Å². The highest BCUT2D eigenvalue weighted by Crippen LogP contribution is 2.18. The van der Waals surface area contributed by atoms with Crippen LogP contribution in [0.3, 0.4) is 0 Å². The molecule has 0 saturated carbocycles. The Morgan fingerprint density at radius 1 is 1.14 bits per heavy atom. The van der Waals surface area contributed by atoms with Crippen LogP contribution in [0, 0.1) is 13.8 Å². The average molecular weight is 300 g/mol. The third-order valence-electron chi connectivity index (χ3n) is 3.48. The van der Waals surface area contributed by atoms with Crippen LogP contribution in [0.1, 0.15) is 11.1 Å². The van der Waals surface area contributed by atoms with Crippen LogP contribution in [-0.4, -0.2) is 24.9 Å². The van der Waals surface area contributed by atoms with E-state index in [0.717, 1.165) is 11.3 Å². The van der Waals surface area contributed by atoms with E-state index in [1.54, 1.807) is 19.2 Å². The molecule has 2 aromatic carbocycles. The van der Waals surface area contributed by atoms with Crippen LogP contribution in [0.2, 0.25) is 0 Å². The van der Waals surface area contributed by atoms with E-state index in [0.29, 0.717) is 5.69 Å². The summed E-state index contributed by atoms with van der Waals surface area (Å²) in [6.07, 6.45) is 0. The Morgan fingerprint density at radius 2 is 1.82 bits per heavy atom. The maximum Gasteiger partial charge on any atom is 0.324 e. The number of ether oxygens (including phenoxy) is 1. The van der Waals surface area contributed by atoms with Gasteiger partial charge in [-0.05, 0) is 61.4 Å². The Hall–Kier alpha value is -2.69. The molecule has 0 fully saturated rings. The molecule has 0 saturated heterocycles. The second-order valence-electron chi connectivity index (χ2n) is 5.09. The molecule has 0 aliphatic heterocycles. The van der Waals surface area contributed by atoms with Crippen molar-refractivity contribution in [2.24, 2.45) is 0 Å². The number of aromatic hydroxyl groups is 1. The SMILES string of the molecule is Cc1ccc(OCNC(=O)N(C)c2ccc(O)cc2)cc1C. The summed E-state index contributed by atoms with van der Waals surface area (Å²) in [6.45, 7) is 4.14. The van der Waals surface area contributed by atoms with Gasteiger partial charge in [-0.15, -0.1) is 0 Å². The molecule has 2 aromatic rings. The Morgan fingerprint density at radius 3 is 2.45 bits per heavy atom. The van der Waals surface area contributed by atoms with E-state index in [-0.39, 0.29) is 18.5 Å². The molecule has 2 amide bonds. The van der Waals surface area contributed by atoms with Gasteiger partial charge >= 0.3 is 6.03 Å². The number of carbonyl (C=O) groups excluding carboxylic acids is 1. The predicted octanol–water partition coefficient (Wildman–Crippen LogP) is 3.19. The minimum Gasteiger partial charge on any atom is -0.508 e. The normalized spacial score (nSPS) is 10.1. The van der Waals surface area contributed by atoms with Gasteiger partial charge in [-0.3, -0.25) is 4.90 Å². The summed E-state index contributed by atoms with van der Waals surface area (Å²) in [5, 5.41) is 11.9. The first-order chi connectivity index (χ1) is 10.5. The zero-order chi connectivity index (χ0) is 16.1. The van der Waals surface area contributed by atoms with Crippen molar-refractivity contribution >= 4 is 11.7 Å². The highest BCUT2D eigenvalue weighted by molar-refractivity contribution is 5.91. The standard InChI is InChI=1S/C17H20N2O3/c1-12-4-9-16(10-13(12)2)22-11-18-17(21)19(3)14-5-7-15(20)8-6-14/h4-10,20H,11H2,1-3H3,(H,18,21). The molecule has 0 aromatic heterocycles. The van der Waals surface area contributed by atoms with Crippen LogP contribution in [0.25, 0.3) is 0 Å². The highest BCUT2D eigenvalue weighted by atomic mass is 16.5. The maximum absolute atomic E-state index is 12.0. The van der Waals surface area contributed by atoms with Crippen LogP contribution in [0.15, 0.2) is 42.5 Å². The van der Waals surface area contributed by atoms with Gasteiger partial charge in [-0.2, -0.15) is 0 Å². The van der Waals surface area contributed by atoms with Gasteiger partial charge in [0, 0.05) is 12.7 Å². The fourth-order valence-corrected chi connectivity index (χ4v) is 1.90. The molecule has 0 aliphatic rings. The van der Waals surface area contributed by atoms with Gasteiger partial charge in [0.1, 0.15) is 11.5 Å². The average Bonchev–Trinajstić information content (AvgIpc) is 2.51. The number of benzene rings is 2. The van der Waals surface area contributed by atoms with Crippen LogP contribution >= 0.6 is 0 Å². The van der Waals surface area contributed by atoms with E-state index < -0.39 is 0 Å². The third kappa shape index (κ3) is 3.91. The molecule has 0 bridgehead atoms. The molecule has 0 heterocycles. The van der Waals surface area contributed by atoms with Gasteiger partial charge in [0.2, 0.25) is 0 Å². The maximum atomic E-state index is 12.0. The summed E-state index contributed by atoms with van der Waals surface area (Å²) in [6, 6.07) is 11.9. The number of phenols is 1. The first-order valence-corrected chi connectivity index (χ1v) is 6.98. The number of amides is 2. The summed E-state index contributed by atoms with van der Waals surface area (Å²) >= 11 is 0. The first-order valence-electron chi connectivity index (χ1n) is 6.98. The minimum absolute atomic E-state index is 0.0871. The molecule has 22 heavy (non-hydrogen) atoms. The minimum atomic E-state index is -0.283. The Kier molecular flexibility index (Phi) is 4.88. The van der Waals surface area contributed by atoms with E-state index in [2.05, 4.69) is 5.32 Å². The monoisotopic (exact) mass is 300 g/mol. The van der Waals surface area contributed by atoms with E-state index in [1.807, 2.05) is 32.0 Å². The van der Waals surface area contributed by atoms with E-state index in [1.165, 1.54) is 22.6 Å². The number of hydrogen-bond acceptors (Lipinski definition) is 3. The lowest BCUT2D eigenvalue weighted by Crippen LogP contribution is -2.39. The smallest absolute Gasteiger partial charge is 0.324 e. The van der Waals surface area contributed by atoms with Crippen molar-refractivity contribution in [2.75, 3.05) is 18.7 Å². The molecule has 5 nitrogen and oxygen atoms in total. The Balaban J connectivity index is 1.86. The first kappa shape index (κ1) is 15.7. The molecule has 5 heteroatoms. The van der Waals surface area contributed by atoms with Crippen LogP contribution < -0.4 is 15.0 Å². The van der Waals surface area contributed by atoms with Crippen LogP contribution in [0.5, 0.6) is 11.5 Å². The molecule has 2 N–H and O–H groups in total. The molecule has 116 valence electrons. The fraction of sp³-hybridized carbons (Fsp3) is 0.235. The fourth-order valence-electron chi connectivity index (χ4n) is 1.90. The molecule has 0 aliphatic carbocycles. The van der Waals surface area contributed by atoms with Crippen LogP contribution in [0.4, 0.5) is 10.5 Å². The lowest BCUT2D eigenvalue weighted by molar-refractivity contribution is 0.230. The zero-order valence-corrected chi connectivity index (χ0v) is 13.0. The summed E-state index contributed by atoms with van der Waals surface area (Å²) in [7, 11) is 1.65. The van der Waals surface area contributed by atoms with Gasteiger partial charge in [0.05, 0.1) is 0 Å². The molecular formula is C17H20N2O3. The predicted molar refractivity (Wildman–Crippen MR) is 86.5 cm³/mol. The molecule has 2 rings (SSSR count). The zero-order valence-electron chi connectivity index (χ0n) is 13.0. The van der Waals surface area contributed by atoms with Crippen molar-refractivity contribution in [3.63, 3.8) is 0 Å². The largest absolute Gasteiger partial charge is 0.508 e. The Labute approximate surface area is 130 Å². The van der Waals surface area contributed by atoms with E-state index >= 15 is 0 Å². The quantitative estimate of drug-likeness (QED) is 0.852.